The number of rotatable bonds is 5. The lowest BCUT2D eigenvalue weighted by Gasteiger charge is -2.35. The van der Waals surface area contributed by atoms with Crippen LogP contribution in [0.3, 0.4) is 0 Å². The fourth-order valence-electron chi connectivity index (χ4n) is 3.04. The molecule has 23 heavy (non-hydrogen) atoms. The van der Waals surface area contributed by atoms with Gasteiger partial charge in [-0.3, -0.25) is 14.6 Å². The highest BCUT2D eigenvalue weighted by atomic mass is 16.5. The Hall–Kier alpha value is -2.15. The Morgan fingerprint density at radius 2 is 2.35 bits per heavy atom. The second-order valence-electron chi connectivity index (χ2n) is 5.94. The van der Waals surface area contributed by atoms with Gasteiger partial charge in [0.25, 0.3) is 0 Å². The quantitative estimate of drug-likeness (QED) is 0.909. The number of nitrogens with one attached hydrogen (secondary N) is 1. The van der Waals surface area contributed by atoms with E-state index < -0.39 is 0 Å². The zero-order chi connectivity index (χ0) is 16.2. The number of hydrogen-bond acceptors (Lipinski definition) is 4. The molecule has 0 bridgehead atoms. The van der Waals surface area contributed by atoms with Crippen LogP contribution in [0.1, 0.15) is 36.0 Å². The molecule has 1 aliphatic rings. The average Bonchev–Trinajstić information content (AvgIpc) is 3.17. The van der Waals surface area contributed by atoms with E-state index in [-0.39, 0.29) is 11.9 Å². The van der Waals surface area contributed by atoms with Crippen molar-refractivity contribution in [2.45, 2.75) is 39.3 Å². The molecule has 0 saturated carbocycles. The highest BCUT2D eigenvalue weighted by molar-refractivity contribution is 5.76. The van der Waals surface area contributed by atoms with Crippen molar-refractivity contribution >= 4 is 5.91 Å². The van der Waals surface area contributed by atoms with E-state index in [1.54, 1.807) is 6.20 Å². The third-order valence-corrected chi connectivity index (χ3v) is 4.19. The molecule has 0 spiro atoms. The summed E-state index contributed by atoms with van der Waals surface area (Å²) in [5.41, 5.74) is 3.08. The van der Waals surface area contributed by atoms with E-state index in [9.17, 15) is 4.79 Å². The molecule has 7 heteroatoms. The predicted molar refractivity (Wildman–Crippen MR) is 84.8 cm³/mol. The van der Waals surface area contributed by atoms with Gasteiger partial charge in [0.15, 0.2) is 0 Å². The maximum atomic E-state index is 12.6. The maximum absolute atomic E-state index is 12.6. The van der Waals surface area contributed by atoms with Crippen molar-refractivity contribution in [1.82, 2.24) is 24.9 Å². The molecule has 3 rings (SSSR count). The van der Waals surface area contributed by atoms with Gasteiger partial charge in [0.05, 0.1) is 30.6 Å². The lowest BCUT2D eigenvalue weighted by molar-refractivity contribution is -0.140. The number of H-pyrrole nitrogens is 1. The minimum Gasteiger partial charge on any atom is -0.377 e. The average molecular weight is 317 g/mol. The van der Waals surface area contributed by atoms with Crippen molar-refractivity contribution in [1.29, 1.82) is 0 Å². The summed E-state index contributed by atoms with van der Waals surface area (Å²) in [6.07, 6.45) is 3.01. The first-order valence-corrected chi connectivity index (χ1v) is 8.02. The van der Waals surface area contributed by atoms with Crippen LogP contribution in [0.25, 0.3) is 0 Å². The Morgan fingerprint density at radius 3 is 3.04 bits per heavy atom. The molecule has 1 fully saturated rings. The van der Waals surface area contributed by atoms with Crippen LogP contribution >= 0.6 is 0 Å². The first kappa shape index (κ1) is 15.7. The summed E-state index contributed by atoms with van der Waals surface area (Å²) in [4.78, 5) is 14.5. The molecule has 1 amide bonds. The third-order valence-electron chi connectivity index (χ3n) is 4.19. The van der Waals surface area contributed by atoms with E-state index in [0.717, 1.165) is 30.0 Å². The number of ether oxygens (including phenoxy) is 1. The fraction of sp³-hybridized carbons (Fsp3) is 0.562. The molecule has 2 aromatic heterocycles. The Balaban J connectivity index is 1.57. The number of carbonyl (C=O) groups is 1. The minimum absolute atomic E-state index is 0.0626. The summed E-state index contributed by atoms with van der Waals surface area (Å²) >= 11 is 0. The Labute approximate surface area is 135 Å². The summed E-state index contributed by atoms with van der Waals surface area (Å²) < 4.78 is 7.49. The SMILES string of the molecule is Cc1cc(C)n(CCCC(=O)N2CCOC[C@@H]2c2ccn[nH]2)n1. The molecule has 1 aliphatic heterocycles. The van der Waals surface area contributed by atoms with E-state index in [0.29, 0.717) is 26.2 Å². The van der Waals surface area contributed by atoms with E-state index >= 15 is 0 Å². The number of morpholine rings is 1. The van der Waals surface area contributed by atoms with E-state index in [1.165, 1.54) is 0 Å². The summed E-state index contributed by atoms with van der Waals surface area (Å²) in [6.45, 7) is 6.53. The van der Waals surface area contributed by atoms with Gasteiger partial charge in [-0.1, -0.05) is 0 Å². The molecule has 124 valence electrons. The maximum Gasteiger partial charge on any atom is 0.223 e. The number of amides is 1. The van der Waals surface area contributed by atoms with Crippen LogP contribution in [0.15, 0.2) is 18.3 Å². The normalized spacial score (nSPS) is 18.3. The largest absolute Gasteiger partial charge is 0.377 e. The van der Waals surface area contributed by atoms with Gasteiger partial charge in [0, 0.05) is 31.4 Å². The highest BCUT2D eigenvalue weighted by Gasteiger charge is 2.29. The van der Waals surface area contributed by atoms with Crippen LogP contribution in [0, 0.1) is 13.8 Å². The second-order valence-corrected chi connectivity index (χ2v) is 5.94. The van der Waals surface area contributed by atoms with E-state index in [1.807, 2.05) is 29.5 Å². The van der Waals surface area contributed by atoms with Gasteiger partial charge in [0.2, 0.25) is 5.91 Å². The molecule has 0 radical (unpaired) electrons. The summed E-state index contributed by atoms with van der Waals surface area (Å²) in [5.74, 6) is 0.162. The molecule has 1 atom stereocenters. The smallest absolute Gasteiger partial charge is 0.223 e. The zero-order valence-electron chi connectivity index (χ0n) is 13.7. The first-order chi connectivity index (χ1) is 11.1. The molecule has 1 N–H and O–H groups in total. The number of hydrogen-bond donors (Lipinski definition) is 1. The third kappa shape index (κ3) is 3.61. The lowest BCUT2D eigenvalue weighted by Crippen LogP contribution is -2.43. The molecular weight excluding hydrogens is 294 g/mol. The van der Waals surface area contributed by atoms with Crippen LogP contribution in [-0.2, 0) is 16.1 Å². The fourth-order valence-corrected chi connectivity index (χ4v) is 3.04. The van der Waals surface area contributed by atoms with Crippen molar-refractivity contribution < 1.29 is 9.53 Å². The van der Waals surface area contributed by atoms with Crippen molar-refractivity contribution in [3.05, 3.63) is 35.4 Å². The Morgan fingerprint density at radius 1 is 1.48 bits per heavy atom. The molecule has 7 nitrogen and oxygen atoms in total. The van der Waals surface area contributed by atoms with Crippen molar-refractivity contribution in [3.63, 3.8) is 0 Å². The summed E-state index contributed by atoms with van der Waals surface area (Å²) in [6, 6.07) is 3.89. The Bertz CT molecular complexity index is 649. The number of carbonyl (C=O) groups excluding carboxylic acids is 1. The van der Waals surface area contributed by atoms with Gasteiger partial charge >= 0.3 is 0 Å². The van der Waals surface area contributed by atoms with Crippen LogP contribution in [0.4, 0.5) is 0 Å². The van der Waals surface area contributed by atoms with Crippen molar-refractivity contribution in [2.75, 3.05) is 19.8 Å². The first-order valence-electron chi connectivity index (χ1n) is 8.02. The van der Waals surface area contributed by atoms with E-state index in [4.69, 9.17) is 4.74 Å². The summed E-state index contributed by atoms with van der Waals surface area (Å²) in [5, 5.41) is 11.4. The van der Waals surface area contributed by atoms with Gasteiger partial charge in [-0.05, 0) is 32.4 Å². The van der Waals surface area contributed by atoms with Gasteiger partial charge < -0.3 is 9.64 Å². The number of aryl methyl sites for hydroxylation is 3. The molecule has 3 heterocycles. The molecule has 1 saturated heterocycles. The van der Waals surface area contributed by atoms with Crippen molar-refractivity contribution in [2.24, 2.45) is 0 Å². The highest BCUT2D eigenvalue weighted by Crippen LogP contribution is 2.23. The minimum atomic E-state index is -0.0626. The molecule has 2 aromatic rings. The van der Waals surface area contributed by atoms with Gasteiger partial charge in [-0.15, -0.1) is 0 Å². The predicted octanol–water partition coefficient (Wildman–Crippen LogP) is 1.60. The lowest BCUT2D eigenvalue weighted by atomic mass is 10.1. The monoisotopic (exact) mass is 317 g/mol. The molecule has 0 unspecified atom stereocenters. The molecular formula is C16H23N5O2. The summed E-state index contributed by atoms with van der Waals surface area (Å²) in [7, 11) is 0. The molecule has 0 aromatic carbocycles. The van der Waals surface area contributed by atoms with E-state index in [2.05, 4.69) is 21.4 Å². The molecule has 0 aliphatic carbocycles. The van der Waals surface area contributed by atoms with Gasteiger partial charge in [-0.2, -0.15) is 10.2 Å². The Kier molecular flexibility index (Phi) is 4.76. The number of aromatic amines is 1. The zero-order valence-corrected chi connectivity index (χ0v) is 13.7. The number of aromatic nitrogens is 4. The van der Waals surface area contributed by atoms with Crippen LogP contribution in [-0.4, -0.2) is 50.5 Å². The van der Waals surface area contributed by atoms with Crippen molar-refractivity contribution in [3.8, 4) is 0 Å². The van der Waals surface area contributed by atoms with Gasteiger partial charge in [0.1, 0.15) is 0 Å². The van der Waals surface area contributed by atoms with Crippen LogP contribution in [0.5, 0.6) is 0 Å². The van der Waals surface area contributed by atoms with Crippen LogP contribution in [0.2, 0.25) is 0 Å². The second kappa shape index (κ2) is 6.95. The van der Waals surface area contributed by atoms with Crippen LogP contribution < -0.4 is 0 Å². The number of nitrogens with zero attached hydrogens (tertiary/aromatic N) is 4. The topological polar surface area (TPSA) is 76.0 Å². The standard InChI is InChI=1S/C16H23N5O2/c1-12-10-13(2)21(19-12)7-3-4-16(22)20-8-9-23-11-15(20)14-5-6-17-18-14/h5-6,10,15H,3-4,7-9,11H2,1-2H3,(H,17,18)/t15-/m1/s1. The van der Waals surface area contributed by atoms with Gasteiger partial charge in [-0.25, -0.2) is 0 Å².